The zero-order valence-electron chi connectivity index (χ0n) is 11.7. The van der Waals surface area contributed by atoms with Gasteiger partial charge in [-0.1, -0.05) is 12.1 Å². The summed E-state index contributed by atoms with van der Waals surface area (Å²) in [5.41, 5.74) is 0.436. The van der Waals surface area contributed by atoms with E-state index >= 15 is 0 Å². The molecule has 1 rings (SSSR count). The van der Waals surface area contributed by atoms with Crippen LogP contribution < -0.4 is 0 Å². The van der Waals surface area contributed by atoms with E-state index in [4.69, 9.17) is 11.6 Å². The van der Waals surface area contributed by atoms with Crippen molar-refractivity contribution in [2.45, 2.75) is 26.2 Å². The van der Waals surface area contributed by atoms with E-state index < -0.39 is 4.92 Å². The monoisotopic (exact) mass is 309 g/mol. The molecule has 0 aliphatic carbocycles. The second-order valence-electron chi connectivity index (χ2n) is 4.54. The molecule has 0 aliphatic rings. The number of rotatable bonds is 8. The van der Waals surface area contributed by atoms with E-state index in [-0.39, 0.29) is 29.2 Å². The van der Waals surface area contributed by atoms with Crippen LogP contribution in [0.4, 0.5) is 5.69 Å². The number of carbonyl (C=O) groups is 2. The molecule has 0 aromatic heterocycles. The van der Waals surface area contributed by atoms with E-state index in [9.17, 15) is 19.7 Å². The smallest absolute Gasteiger partial charge is 0.270 e. The van der Waals surface area contributed by atoms with Gasteiger partial charge in [0.15, 0.2) is 11.6 Å². The van der Waals surface area contributed by atoms with Crippen LogP contribution in [0, 0.1) is 10.1 Å². The van der Waals surface area contributed by atoms with Gasteiger partial charge in [0.1, 0.15) is 0 Å². The average molecular weight is 310 g/mol. The van der Waals surface area contributed by atoms with Crippen molar-refractivity contribution in [3.63, 3.8) is 0 Å². The Hall–Kier alpha value is -2.01. The highest BCUT2D eigenvalue weighted by Gasteiger charge is 2.14. The minimum absolute atomic E-state index is 0.0603. The lowest BCUT2D eigenvalue weighted by Crippen LogP contribution is -2.10. The summed E-state index contributed by atoms with van der Waals surface area (Å²) in [5.74, 6) is -0.145. The standard InChI is InChI=1S/C15H16ClNO4/c1-11(18)14(15(19)7-2-3-8-16)10-12-5-4-6-13(9-12)17(20)21/h4-6,9-10H,2-3,7-8H2,1H3. The number of non-ortho nitro benzene ring substituents is 1. The number of hydrogen-bond donors (Lipinski definition) is 0. The van der Waals surface area contributed by atoms with E-state index in [1.807, 2.05) is 0 Å². The van der Waals surface area contributed by atoms with Crippen molar-refractivity contribution in [1.82, 2.24) is 0 Å². The molecule has 0 heterocycles. The van der Waals surface area contributed by atoms with E-state index in [1.165, 1.54) is 31.2 Å². The topological polar surface area (TPSA) is 77.3 Å². The van der Waals surface area contributed by atoms with Crippen molar-refractivity contribution in [2.24, 2.45) is 0 Å². The first-order valence-electron chi connectivity index (χ1n) is 6.52. The Balaban J connectivity index is 2.99. The number of hydrogen-bond acceptors (Lipinski definition) is 4. The first kappa shape index (κ1) is 17.0. The van der Waals surface area contributed by atoms with Crippen molar-refractivity contribution < 1.29 is 14.5 Å². The molecule has 0 N–H and O–H groups in total. The molecule has 0 atom stereocenters. The van der Waals surface area contributed by atoms with Gasteiger partial charge in [0, 0.05) is 24.4 Å². The van der Waals surface area contributed by atoms with Crippen molar-refractivity contribution in [3.8, 4) is 0 Å². The van der Waals surface area contributed by atoms with Crippen molar-refractivity contribution in [3.05, 3.63) is 45.5 Å². The van der Waals surface area contributed by atoms with Gasteiger partial charge in [-0.05, 0) is 31.4 Å². The SMILES string of the molecule is CC(=O)C(=Cc1cccc([N+](=O)[O-])c1)C(=O)CCCCCl. The molecule has 0 fully saturated rings. The molecule has 1 aromatic rings. The summed E-state index contributed by atoms with van der Waals surface area (Å²) in [6.45, 7) is 1.31. The normalized spacial score (nSPS) is 11.2. The fourth-order valence-corrected chi connectivity index (χ4v) is 1.98. The van der Waals surface area contributed by atoms with Gasteiger partial charge in [0.05, 0.1) is 10.5 Å². The summed E-state index contributed by atoms with van der Waals surface area (Å²) < 4.78 is 0. The Morgan fingerprint density at radius 3 is 2.62 bits per heavy atom. The highest BCUT2D eigenvalue weighted by Crippen LogP contribution is 2.17. The van der Waals surface area contributed by atoms with Crippen molar-refractivity contribution in [1.29, 1.82) is 0 Å². The Morgan fingerprint density at radius 1 is 1.33 bits per heavy atom. The predicted octanol–water partition coefficient (Wildman–Crippen LogP) is 3.55. The van der Waals surface area contributed by atoms with Crippen molar-refractivity contribution >= 4 is 34.9 Å². The van der Waals surface area contributed by atoms with Gasteiger partial charge in [0.2, 0.25) is 0 Å². The largest absolute Gasteiger partial charge is 0.294 e. The van der Waals surface area contributed by atoms with Crippen LogP contribution in [0.3, 0.4) is 0 Å². The number of benzene rings is 1. The maximum Gasteiger partial charge on any atom is 0.270 e. The third kappa shape index (κ3) is 5.47. The molecule has 0 unspecified atom stereocenters. The number of unbranched alkanes of at least 4 members (excludes halogenated alkanes) is 1. The summed E-state index contributed by atoms with van der Waals surface area (Å²) in [6, 6.07) is 5.81. The number of Topliss-reactive ketones (excluding diaryl/α,β-unsaturated/α-hetero) is 2. The van der Waals surface area contributed by atoms with Crippen molar-refractivity contribution in [2.75, 3.05) is 5.88 Å². The summed E-state index contributed by atoms with van der Waals surface area (Å²) in [5, 5.41) is 10.7. The number of nitro groups is 1. The third-order valence-electron chi connectivity index (χ3n) is 2.86. The second kappa shape index (κ2) is 8.32. The predicted molar refractivity (Wildman–Crippen MR) is 81.3 cm³/mol. The molecule has 0 aliphatic heterocycles. The Labute approximate surface area is 127 Å². The average Bonchev–Trinajstić information content (AvgIpc) is 2.44. The van der Waals surface area contributed by atoms with Gasteiger partial charge in [-0.15, -0.1) is 11.6 Å². The maximum absolute atomic E-state index is 12.0. The van der Waals surface area contributed by atoms with Crippen LogP contribution in [-0.2, 0) is 9.59 Å². The Kier molecular flexibility index (Phi) is 6.75. The highest BCUT2D eigenvalue weighted by molar-refractivity contribution is 6.22. The third-order valence-corrected chi connectivity index (χ3v) is 3.13. The van der Waals surface area contributed by atoms with Gasteiger partial charge in [-0.25, -0.2) is 0 Å². The molecule has 112 valence electrons. The number of carbonyl (C=O) groups excluding carboxylic acids is 2. The zero-order valence-corrected chi connectivity index (χ0v) is 12.4. The van der Waals surface area contributed by atoms with Crippen LogP contribution in [0.2, 0.25) is 0 Å². The molecule has 0 radical (unpaired) electrons. The van der Waals surface area contributed by atoms with Gasteiger partial charge in [-0.3, -0.25) is 19.7 Å². The van der Waals surface area contributed by atoms with E-state index in [0.29, 0.717) is 24.3 Å². The summed E-state index contributed by atoms with van der Waals surface area (Å²) in [4.78, 5) is 33.8. The summed E-state index contributed by atoms with van der Waals surface area (Å²) >= 11 is 5.55. The first-order valence-corrected chi connectivity index (χ1v) is 7.05. The van der Waals surface area contributed by atoms with Gasteiger partial charge >= 0.3 is 0 Å². The molecule has 0 spiro atoms. The number of halogens is 1. The van der Waals surface area contributed by atoms with Crippen LogP contribution in [0.15, 0.2) is 29.8 Å². The lowest BCUT2D eigenvalue weighted by atomic mass is 10.00. The number of nitrogens with zero attached hydrogens (tertiary/aromatic N) is 1. The summed E-state index contributed by atoms with van der Waals surface area (Å²) in [6.07, 6.45) is 2.96. The number of alkyl halides is 1. The number of ketones is 2. The Morgan fingerprint density at radius 2 is 2.05 bits per heavy atom. The molecular formula is C15H16ClNO4. The molecule has 21 heavy (non-hydrogen) atoms. The van der Waals surface area contributed by atoms with E-state index in [1.54, 1.807) is 6.07 Å². The molecular weight excluding hydrogens is 294 g/mol. The van der Waals surface area contributed by atoms with Gasteiger partial charge in [0.25, 0.3) is 5.69 Å². The van der Waals surface area contributed by atoms with Gasteiger partial charge < -0.3 is 0 Å². The Bertz CT molecular complexity index is 581. The second-order valence-corrected chi connectivity index (χ2v) is 4.91. The molecule has 5 nitrogen and oxygen atoms in total. The van der Waals surface area contributed by atoms with Crippen LogP contribution in [0.1, 0.15) is 31.7 Å². The highest BCUT2D eigenvalue weighted by atomic mass is 35.5. The van der Waals surface area contributed by atoms with E-state index in [0.717, 1.165) is 0 Å². The number of nitro benzene ring substituents is 1. The van der Waals surface area contributed by atoms with Crippen LogP contribution in [0.5, 0.6) is 0 Å². The molecule has 0 saturated heterocycles. The maximum atomic E-state index is 12.0. The fourth-order valence-electron chi connectivity index (χ4n) is 1.79. The molecule has 0 saturated carbocycles. The molecule has 0 bridgehead atoms. The quantitative estimate of drug-likeness (QED) is 0.140. The van der Waals surface area contributed by atoms with Crippen LogP contribution in [-0.4, -0.2) is 22.4 Å². The first-order chi connectivity index (χ1) is 9.95. The number of allylic oxidation sites excluding steroid dienone is 1. The fraction of sp³-hybridized carbons (Fsp3) is 0.333. The van der Waals surface area contributed by atoms with Gasteiger partial charge in [-0.2, -0.15) is 0 Å². The summed E-state index contributed by atoms with van der Waals surface area (Å²) in [7, 11) is 0. The lowest BCUT2D eigenvalue weighted by molar-refractivity contribution is -0.384. The molecule has 0 amide bonds. The van der Waals surface area contributed by atoms with Crippen LogP contribution in [0.25, 0.3) is 6.08 Å². The van der Waals surface area contributed by atoms with Crippen LogP contribution >= 0.6 is 11.6 Å². The van der Waals surface area contributed by atoms with E-state index in [2.05, 4.69) is 0 Å². The minimum atomic E-state index is -0.521. The zero-order chi connectivity index (χ0) is 15.8. The molecule has 6 heteroatoms. The molecule has 1 aromatic carbocycles. The minimum Gasteiger partial charge on any atom is -0.294 e. The lowest BCUT2D eigenvalue weighted by Gasteiger charge is -2.03.